The highest BCUT2D eigenvalue weighted by atomic mass is 32.1. The maximum atomic E-state index is 13.6. The maximum absolute atomic E-state index is 13.6. The monoisotopic (exact) mass is 485 g/mol. The molecule has 9 heteroatoms. The normalized spacial score (nSPS) is 12.5. The highest BCUT2D eigenvalue weighted by molar-refractivity contribution is 7.25. The summed E-state index contributed by atoms with van der Waals surface area (Å²) in [5.41, 5.74) is 3.31. The fourth-order valence-corrected chi connectivity index (χ4v) is 5.36. The molecule has 6 rings (SSSR count). The first-order valence-electron chi connectivity index (χ1n) is 11.0. The molecule has 0 saturated heterocycles. The Morgan fingerprint density at radius 1 is 1.06 bits per heavy atom. The van der Waals surface area contributed by atoms with Crippen LogP contribution in [0.2, 0.25) is 0 Å². The summed E-state index contributed by atoms with van der Waals surface area (Å²) in [6.45, 7) is 0.152. The standard InChI is InChI=1S/C26H20FN5O2S/c27-18-3-1-2-15(8-18)12-32-21-7-5-19(9-17(21)11-30-32)31-25-24-20-6-4-16(22(34)13-33)10-23(20)35-26(24)29-14-28-25/h1-11,14,22,33-34H,12-13H2,(H,28,29,31)/t22-/m0/s1. The molecule has 7 nitrogen and oxygen atoms in total. The van der Waals surface area contributed by atoms with E-state index >= 15 is 0 Å². The lowest BCUT2D eigenvalue weighted by Crippen LogP contribution is -2.01. The number of benzene rings is 3. The zero-order valence-electron chi connectivity index (χ0n) is 18.4. The SMILES string of the molecule is OC[C@H](O)c1ccc2c(c1)sc1ncnc(Nc3ccc4c(cnn4Cc4cccc(F)c4)c3)c12. The van der Waals surface area contributed by atoms with Crippen LogP contribution >= 0.6 is 11.3 Å². The molecule has 0 aliphatic carbocycles. The lowest BCUT2D eigenvalue weighted by atomic mass is 10.1. The molecule has 3 heterocycles. The van der Waals surface area contributed by atoms with Crippen LogP contribution in [0.15, 0.2) is 73.2 Å². The molecule has 6 aromatic rings. The van der Waals surface area contributed by atoms with Crippen LogP contribution in [-0.4, -0.2) is 36.6 Å². The van der Waals surface area contributed by atoms with Gasteiger partial charge in [0.25, 0.3) is 0 Å². The molecule has 3 aromatic carbocycles. The number of nitrogens with one attached hydrogen (secondary N) is 1. The molecule has 1 atom stereocenters. The van der Waals surface area contributed by atoms with Crippen LogP contribution in [0.25, 0.3) is 31.2 Å². The van der Waals surface area contributed by atoms with Gasteiger partial charge in [-0.05, 0) is 47.5 Å². The molecule has 0 radical (unpaired) electrons. The summed E-state index contributed by atoms with van der Waals surface area (Å²) >= 11 is 1.51. The minimum absolute atomic E-state index is 0.261. The molecule has 0 saturated carbocycles. The lowest BCUT2D eigenvalue weighted by Gasteiger charge is -2.09. The van der Waals surface area contributed by atoms with Gasteiger partial charge in [-0.25, -0.2) is 14.4 Å². The molecule has 0 spiro atoms. The average molecular weight is 486 g/mol. The van der Waals surface area contributed by atoms with Crippen molar-refractivity contribution in [3.8, 4) is 0 Å². The summed E-state index contributed by atoms with van der Waals surface area (Å²) in [5.74, 6) is 0.423. The van der Waals surface area contributed by atoms with Crippen LogP contribution in [0.4, 0.5) is 15.9 Å². The Balaban J connectivity index is 1.34. The van der Waals surface area contributed by atoms with E-state index in [-0.39, 0.29) is 12.4 Å². The Bertz CT molecular complexity index is 1700. The van der Waals surface area contributed by atoms with Crippen molar-refractivity contribution in [2.45, 2.75) is 12.6 Å². The first-order chi connectivity index (χ1) is 17.1. The van der Waals surface area contributed by atoms with Crippen LogP contribution in [0, 0.1) is 5.82 Å². The molecule has 3 N–H and O–H groups in total. The first kappa shape index (κ1) is 21.6. The van der Waals surface area contributed by atoms with Gasteiger partial charge in [0.15, 0.2) is 0 Å². The molecule has 0 aliphatic rings. The topological polar surface area (TPSA) is 96.1 Å². The Morgan fingerprint density at radius 3 is 2.83 bits per heavy atom. The summed E-state index contributed by atoms with van der Waals surface area (Å²) in [6.07, 6.45) is 2.41. The largest absolute Gasteiger partial charge is 0.393 e. The number of thiophene rings is 1. The number of anilines is 2. The van der Waals surface area contributed by atoms with E-state index in [1.54, 1.807) is 12.3 Å². The average Bonchev–Trinajstić information content (AvgIpc) is 3.44. The zero-order valence-corrected chi connectivity index (χ0v) is 19.2. The maximum Gasteiger partial charge on any atom is 0.143 e. The van der Waals surface area contributed by atoms with Gasteiger partial charge in [-0.3, -0.25) is 4.68 Å². The van der Waals surface area contributed by atoms with Crippen molar-refractivity contribution < 1.29 is 14.6 Å². The van der Waals surface area contributed by atoms with Gasteiger partial charge in [-0.1, -0.05) is 24.3 Å². The highest BCUT2D eigenvalue weighted by Gasteiger charge is 2.15. The second-order valence-corrected chi connectivity index (χ2v) is 9.32. The molecule has 0 aliphatic heterocycles. The minimum atomic E-state index is -0.915. The molecule has 0 amide bonds. The van der Waals surface area contributed by atoms with Crippen molar-refractivity contribution >= 4 is 54.0 Å². The summed E-state index contributed by atoms with van der Waals surface area (Å²) < 4.78 is 16.4. The quantitative estimate of drug-likeness (QED) is 0.302. The van der Waals surface area contributed by atoms with E-state index in [1.807, 2.05) is 47.1 Å². The second-order valence-electron chi connectivity index (χ2n) is 8.29. The number of aliphatic hydroxyl groups is 2. The predicted octanol–water partition coefficient (Wildman–Crippen LogP) is 5.15. The van der Waals surface area contributed by atoms with Gasteiger partial charge in [0, 0.05) is 21.2 Å². The summed E-state index contributed by atoms with van der Waals surface area (Å²) in [4.78, 5) is 9.75. The highest BCUT2D eigenvalue weighted by Crippen LogP contribution is 2.38. The molecular weight excluding hydrogens is 465 g/mol. The summed E-state index contributed by atoms with van der Waals surface area (Å²) in [7, 11) is 0. The molecule has 0 bridgehead atoms. The van der Waals surface area contributed by atoms with E-state index in [9.17, 15) is 14.6 Å². The predicted molar refractivity (Wildman–Crippen MR) is 135 cm³/mol. The molecular formula is C26H20FN5O2S. The Morgan fingerprint density at radius 2 is 1.97 bits per heavy atom. The smallest absolute Gasteiger partial charge is 0.143 e. The zero-order chi connectivity index (χ0) is 23.9. The summed E-state index contributed by atoms with van der Waals surface area (Å²) in [5, 5.41) is 30.0. The van der Waals surface area contributed by atoms with Crippen LogP contribution in [0.3, 0.4) is 0 Å². The Labute approximate surface area is 203 Å². The van der Waals surface area contributed by atoms with Crippen molar-refractivity contribution in [3.63, 3.8) is 0 Å². The molecule has 0 fully saturated rings. The van der Waals surface area contributed by atoms with Crippen LogP contribution in [0.5, 0.6) is 0 Å². The molecule has 174 valence electrons. The van der Waals surface area contributed by atoms with Gasteiger partial charge in [0.2, 0.25) is 0 Å². The van der Waals surface area contributed by atoms with E-state index in [1.165, 1.54) is 29.8 Å². The number of fused-ring (bicyclic) bond motifs is 4. The van der Waals surface area contributed by atoms with E-state index in [2.05, 4.69) is 20.4 Å². The first-order valence-corrected chi connectivity index (χ1v) is 11.8. The van der Waals surface area contributed by atoms with Crippen LogP contribution < -0.4 is 5.32 Å². The third kappa shape index (κ3) is 3.99. The lowest BCUT2D eigenvalue weighted by molar-refractivity contribution is 0.0957. The van der Waals surface area contributed by atoms with Crippen LogP contribution in [-0.2, 0) is 6.54 Å². The van der Waals surface area contributed by atoms with E-state index < -0.39 is 6.10 Å². The van der Waals surface area contributed by atoms with Gasteiger partial charge in [-0.15, -0.1) is 11.3 Å². The number of aromatic nitrogens is 4. The molecule has 0 unspecified atom stereocenters. The summed E-state index contributed by atoms with van der Waals surface area (Å²) in [6, 6.07) is 18.1. The van der Waals surface area contributed by atoms with Gasteiger partial charge in [0.05, 0.1) is 30.3 Å². The number of hydrogen-bond donors (Lipinski definition) is 3. The van der Waals surface area contributed by atoms with E-state index in [4.69, 9.17) is 0 Å². The number of hydrogen-bond acceptors (Lipinski definition) is 7. The third-order valence-corrected chi connectivity index (χ3v) is 7.04. The second kappa shape index (κ2) is 8.70. The molecule has 3 aromatic heterocycles. The fraction of sp³-hybridized carbons (Fsp3) is 0.115. The van der Waals surface area contributed by atoms with Gasteiger partial charge < -0.3 is 15.5 Å². The van der Waals surface area contributed by atoms with Gasteiger partial charge in [0.1, 0.15) is 28.9 Å². The number of rotatable bonds is 6. The Hall–Kier alpha value is -3.92. The Kier molecular flexibility index (Phi) is 5.37. The van der Waals surface area contributed by atoms with E-state index in [0.29, 0.717) is 17.9 Å². The minimum Gasteiger partial charge on any atom is -0.393 e. The van der Waals surface area contributed by atoms with Crippen molar-refractivity contribution in [3.05, 3.63) is 90.1 Å². The number of aliphatic hydroxyl groups excluding tert-OH is 2. The fourth-order valence-electron chi connectivity index (χ4n) is 4.27. The van der Waals surface area contributed by atoms with Crippen molar-refractivity contribution in [1.82, 2.24) is 19.7 Å². The third-order valence-electron chi connectivity index (χ3n) is 5.98. The number of nitrogens with zero attached hydrogens (tertiary/aromatic N) is 4. The van der Waals surface area contributed by atoms with Crippen molar-refractivity contribution in [2.24, 2.45) is 0 Å². The van der Waals surface area contributed by atoms with E-state index in [0.717, 1.165) is 42.5 Å². The van der Waals surface area contributed by atoms with Crippen molar-refractivity contribution in [1.29, 1.82) is 0 Å². The molecule has 35 heavy (non-hydrogen) atoms. The van der Waals surface area contributed by atoms with Gasteiger partial charge in [-0.2, -0.15) is 5.10 Å². The van der Waals surface area contributed by atoms with Crippen LogP contribution in [0.1, 0.15) is 17.2 Å². The van der Waals surface area contributed by atoms with Gasteiger partial charge >= 0.3 is 0 Å². The number of halogens is 1. The van der Waals surface area contributed by atoms with Crippen molar-refractivity contribution in [2.75, 3.05) is 11.9 Å².